The van der Waals surface area contributed by atoms with Gasteiger partial charge in [-0.1, -0.05) is 28.1 Å². The molecular weight excluding hydrogens is 300 g/mol. The zero-order valence-corrected chi connectivity index (χ0v) is 11.7. The van der Waals surface area contributed by atoms with Crippen LogP contribution in [0.5, 0.6) is 0 Å². The second kappa shape index (κ2) is 5.82. The summed E-state index contributed by atoms with van der Waals surface area (Å²) in [5.74, 6) is -1.07. The van der Waals surface area contributed by atoms with E-state index in [1.165, 1.54) is 7.11 Å². The monoisotopic (exact) mass is 314 g/mol. The van der Waals surface area contributed by atoms with Crippen LogP contribution in [0.1, 0.15) is 18.4 Å². The van der Waals surface area contributed by atoms with Gasteiger partial charge in [0, 0.05) is 16.5 Å². The zero-order chi connectivity index (χ0) is 13.0. The van der Waals surface area contributed by atoms with E-state index >= 15 is 0 Å². The number of ether oxygens (including phenoxy) is 3. The molecule has 18 heavy (non-hydrogen) atoms. The molecule has 2 rings (SSSR count). The lowest BCUT2D eigenvalue weighted by molar-refractivity contribution is -0.177. The van der Waals surface area contributed by atoms with Crippen molar-refractivity contribution in [3.8, 4) is 0 Å². The van der Waals surface area contributed by atoms with Crippen molar-refractivity contribution in [3.05, 3.63) is 34.3 Å². The average Bonchev–Trinajstić information content (AvgIpc) is 2.87. The lowest BCUT2D eigenvalue weighted by atomic mass is 10.0. The highest BCUT2D eigenvalue weighted by Crippen LogP contribution is 2.36. The molecule has 4 nitrogen and oxygen atoms in total. The highest BCUT2D eigenvalue weighted by atomic mass is 79.9. The molecule has 1 aromatic rings. The quantitative estimate of drug-likeness (QED) is 0.801. The molecule has 1 aromatic carbocycles. The van der Waals surface area contributed by atoms with Crippen molar-refractivity contribution in [2.24, 2.45) is 0 Å². The van der Waals surface area contributed by atoms with Crippen molar-refractivity contribution in [3.63, 3.8) is 0 Å². The first-order valence-corrected chi connectivity index (χ1v) is 6.56. The Balaban J connectivity index is 2.16. The molecule has 1 aliphatic heterocycles. The van der Waals surface area contributed by atoms with E-state index in [-0.39, 0.29) is 12.4 Å². The number of rotatable bonds is 4. The Morgan fingerprint density at radius 3 is 2.50 bits per heavy atom. The van der Waals surface area contributed by atoms with Crippen LogP contribution < -0.4 is 0 Å². The third kappa shape index (κ3) is 2.91. The van der Waals surface area contributed by atoms with Crippen molar-refractivity contribution in [2.45, 2.75) is 18.6 Å². The summed E-state index contributed by atoms with van der Waals surface area (Å²) in [6.07, 6.45) is 0.730. The van der Waals surface area contributed by atoms with Crippen LogP contribution in [0.25, 0.3) is 0 Å². The lowest BCUT2D eigenvalue weighted by Gasteiger charge is -2.27. The molecule has 1 aliphatic rings. The summed E-state index contributed by atoms with van der Waals surface area (Å²) < 4.78 is 17.1. The Hall–Kier alpha value is -0.910. The number of methoxy groups -OCH3 is 1. The van der Waals surface area contributed by atoms with E-state index < -0.39 is 5.79 Å². The highest BCUT2D eigenvalue weighted by Gasteiger charge is 2.38. The Morgan fingerprint density at radius 1 is 1.33 bits per heavy atom. The van der Waals surface area contributed by atoms with Crippen LogP contribution in [0.15, 0.2) is 28.7 Å². The molecule has 0 aromatic heterocycles. The summed E-state index contributed by atoms with van der Waals surface area (Å²) in [5.41, 5.74) is 0.923. The molecule has 0 unspecified atom stereocenters. The second-order valence-corrected chi connectivity index (χ2v) is 4.95. The fraction of sp³-hybridized carbons (Fsp3) is 0.462. The Labute approximate surface area is 114 Å². The van der Waals surface area contributed by atoms with Gasteiger partial charge in [-0.25, -0.2) is 0 Å². The topological polar surface area (TPSA) is 44.8 Å². The highest BCUT2D eigenvalue weighted by molar-refractivity contribution is 9.10. The maximum absolute atomic E-state index is 11.3. The fourth-order valence-corrected chi connectivity index (χ4v) is 2.25. The van der Waals surface area contributed by atoms with Gasteiger partial charge in [-0.05, 0) is 12.1 Å². The largest absolute Gasteiger partial charge is 0.469 e. The molecule has 1 saturated heterocycles. The summed E-state index contributed by atoms with van der Waals surface area (Å²) >= 11 is 3.39. The summed E-state index contributed by atoms with van der Waals surface area (Å²) in [7, 11) is 1.38. The molecule has 0 N–H and O–H groups in total. The number of carbonyl (C=O) groups is 1. The number of hydrogen-bond donors (Lipinski definition) is 0. The van der Waals surface area contributed by atoms with Gasteiger partial charge in [0.15, 0.2) is 5.79 Å². The molecule has 0 radical (unpaired) electrons. The molecule has 0 bridgehead atoms. The van der Waals surface area contributed by atoms with Crippen molar-refractivity contribution < 1.29 is 19.0 Å². The van der Waals surface area contributed by atoms with E-state index in [1.54, 1.807) is 0 Å². The predicted molar refractivity (Wildman–Crippen MR) is 69.0 cm³/mol. The van der Waals surface area contributed by atoms with E-state index in [1.807, 2.05) is 24.3 Å². The second-order valence-electron chi connectivity index (χ2n) is 4.03. The SMILES string of the molecule is COC(=O)CCC1(c2ccc(Br)cc2)OCCO1. The van der Waals surface area contributed by atoms with Gasteiger partial charge in [0.05, 0.1) is 26.7 Å². The van der Waals surface area contributed by atoms with Gasteiger partial charge in [0.25, 0.3) is 0 Å². The van der Waals surface area contributed by atoms with Crippen molar-refractivity contribution in [1.29, 1.82) is 0 Å². The summed E-state index contributed by atoms with van der Waals surface area (Å²) in [4.78, 5) is 11.3. The summed E-state index contributed by atoms with van der Waals surface area (Å²) in [6, 6.07) is 7.74. The van der Waals surface area contributed by atoms with Gasteiger partial charge >= 0.3 is 5.97 Å². The van der Waals surface area contributed by atoms with Crippen LogP contribution in [0.2, 0.25) is 0 Å². The number of hydrogen-bond acceptors (Lipinski definition) is 4. The molecule has 0 atom stereocenters. The van der Waals surface area contributed by atoms with Crippen molar-refractivity contribution in [1.82, 2.24) is 0 Å². The van der Waals surface area contributed by atoms with Crippen LogP contribution >= 0.6 is 15.9 Å². The first-order valence-electron chi connectivity index (χ1n) is 5.77. The fourth-order valence-electron chi connectivity index (χ4n) is 1.98. The number of esters is 1. The van der Waals surface area contributed by atoms with Crippen LogP contribution in [0.3, 0.4) is 0 Å². The first kappa shape index (κ1) is 13.5. The molecule has 5 heteroatoms. The minimum absolute atomic E-state index is 0.259. The Kier molecular flexibility index (Phi) is 4.37. The van der Waals surface area contributed by atoms with Gasteiger partial charge in [0.1, 0.15) is 0 Å². The molecular formula is C13H15BrO4. The number of benzene rings is 1. The van der Waals surface area contributed by atoms with Crippen LogP contribution in [-0.4, -0.2) is 26.3 Å². The molecule has 0 aliphatic carbocycles. The van der Waals surface area contributed by atoms with Crippen LogP contribution in [0, 0.1) is 0 Å². The normalized spacial score (nSPS) is 17.7. The van der Waals surface area contributed by atoms with Gasteiger partial charge in [-0.15, -0.1) is 0 Å². The third-order valence-electron chi connectivity index (χ3n) is 2.92. The van der Waals surface area contributed by atoms with Gasteiger partial charge in [-0.3, -0.25) is 4.79 Å². The van der Waals surface area contributed by atoms with Crippen LogP contribution in [0.4, 0.5) is 0 Å². The molecule has 0 spiro atoms. The van der Waals surface area contributed by atoms with E-state index in [0.717, 1.165) is 10.0 Å². The lowest BCUT2D eigenvalue weighted by Crippen LogP contribution is -2.28. The van der Waals surface area contributed by atoms with Crippen molar-refractivity contribution >= 4 is 21.9 Å². The smallest absolute Gasteiger partial charge is 0.305 e. The van der Waals surface area contributed by atoms with Gasteiger partial charge in [-0.2, -0.15) is 0 Å². The van der Waals surface area contributed by atoms with E-state index in [2.05, 4.69) is 20.7 Å². The number of carbonyl (C=O) groups excluding carboxylic acids is 1. The average molecular weight is 315 g/mol. The third-order valence-corrected chi connectivity index (χ3v) is 3.45. The maximum atomic E-state index is 11.3. The Morgan fingerprint density at radius 2 is 1.94 bits per heavy atom. The van der Waals surface area contributed by atoms with Gasteiger partial charge in [0.2, 0.25) is 0 Å². The molecule has 0 amide bonds. The molecule has 0 saturated carbocycles. The first-order chi connectivity index (χ1) is 8.66. The number of halogens is 1. The Bertz CT molecular complexity index is 410. The minimum Gasteiger partial charge on any atom is -0.469 e. The summed E-state index contributed by atoms with van der Waals surface area (Å²) in [5, 5.41) is 0. The predicted octanol–water partition coefficient (Wildman–Crippen LogP) is 2.60. The van der Waals surface area contributed by atoms with Gasteiger partial charge < -0.3 is 14.2 Å². The van der Waals surface area contributed by atoms with E-state index in [0.29, 0.717) is 19.6 Å². The van der Waals surface area contributed by atoms with E-state index in [9.17, 15) is 4.79 Å². The standard InChI is InChI=1S/C13H15BrO4/c1-16-12(15)6-7-13(17-8-9-18-13)10-2-4-11(14)5-3-10/h2-5H,6-9H2,1H3. The van der Waals surface area contributed by atoms with E-state index in [4.69, 9.17) is 9.47 Å². The van der Waals surface area contributed by atoms with Crippen molar-refractivity contribution in [2.75, 3.05) is 20.3 Å². The summed E-state index contributed by atoms with van der Waals surface area (Å²) in [6.45, 7) is 1.08. The zero-order valence-electron chi connectivity index (χ0n) is 10.1. The molecule has 1 heterocycles. The van der Waals surface area contributed by atoms with Crippen LogP contribution in [-0.2, 0) is 24.8 Å². The maximum Gasteiger partial charge on any atom is 0.305 e. The molecule has 98 valence electrons. The molecule has 1 fully saturated rings. The minimum atomic E-state index is -0.811.